The highest BCUT2D eigenvalue weighted by atomic mass is 16.5. The lowest BCUT2D eigenvalue weighted by molar-refractivity contribution is 0.236. The highest BCUT2D eigenvalue weighted by Crippen LogP contribution is 2.19. The third kappa shape index (κ3) is 4.84. The number of methoxy groups -OCH3 is 1. The van der Waals surface area contributed by atoms with Crippen LogP contribution in [0.1, 0.15) is 31.7 Å². The van der Waals surface area contributed by atoms with Crippen LogP contribution in [0.25, 0.3) is 0 Å². The van der Waals surface area contributed by atoms with E-state index in [0.29, 0.717) is 6.04 Å². The Hall–Kier alpha value is -1.06. The first kappa shape index (κ1) is 14.4. The number of hydrogen-bond acceptors (Lipinski definition) is 3. The maximum absolute atomic E-state index is 5.27. The zero-order valence-corrected chi connectivity index (χ0v) is 12.4. The molecule has 1 N–H and O–H groups in total. The van der Waals surface area contributed by atoms with Crippen molar-refractivity contribution in [2.75, 3.05) is 20.7 Å². The Kier molecular flexibility index (Phi) is 5.23. The van der Waals surface area contributed by atoms with Crippen LogP contribution in [0.2, 0.25) is 0 Å². The van der Waals surface area contributed by atoms with Gasteiger partial charge in [0.2, 0.25) is 0 Å². The molecule has 0 aromatic heterocycles. The van der Waals surface area contributed by atoms with E-state index in [4.69, 9.17) is 4.74 Å². The van der Waals surface area contributed by atoms with E-state index < -0.39 is 0 Å². The predicted molar refractivity (Wildman–Crippen MR) is 79.6 cm³/mol. The topological polar surface area (TPSA) is 24.5 Å². The fourth-order valence-electron chi connectivity index (χ4n) is 2.22. The molecule has 0 amide bonds. The van der Waals surface area contributed by atoms with Crippen molar-refractivity contribution in [2.24, 2.45) is 0 Å². The standard InChI is InChI=1S/C16H26N2O/c1-13(9-10-17-15-7-8-15)18(2)12-14-5-4-6-16(11-14)19-3/h4-6,11,13,15,17H,7-10,12H2,1-3H3. The van der Waals surface area contributed by atoms with E-state index in [9.17, 15) is 0 Å². The molecule has 19 heavy (non-hydrogen) atoms. The summed E-state index contributed by atoms with van der Waals surface area (Å²) in [5.41, 5.74) is 1.31. The molecule has 1 aromatic carbocycles. The van der Waals surface area contributed by atoms with Gasteiger partial charge in [-0.2, -0.15) is 0 Å². The van der Waals surface area contributed by atoms with Crippen molar-refractivity contribution in [2.45, 2.75) is 44.8 Å². The molecule has 1 aromatic rings. The molecule has 0 bridgehead atoms. The van der Waals surface area contributed by atoms with Gasteiger partial charge in [-0.15, -0.1) is 0 Å². The van der Waals surface area contributed by atoms with Crippen LogP contribution >= 0.6 is 0 Å². The molecule has 2 rings (SSSR count). The summed E-state index contributed by atoms with van der Waals surface area (Å²) >= 11 is 0. The number of rotatable bonds is 8. The number of nitrogens with zero attached hydrogens (tertiary/aromatic N) is 1. The second-order valence-corrected chi connectivity index (χ2v) is 5.63. The van der Waals surface area contributed by atoms with Gasteiger partial charge >= 0.3 is 0 Å². The molecule has 1 aliphatic carbocycles. The smallest absolute Gasteiger partial charge is 0.119 e. The van der Waals surface area contributed by atoms with Crippen molar-refractivity contribution in [3.63, 3.8) is 0 Å². The molecule has 1 saturated carbocycles. The molecule has 0 spiro atoms. The van der Waals surface area contributed by atoms with E-state index in [1.54, 1.807) is 7.11 Å². The van der Waals surface area contributed by atoms with E-state index >= 15 is 0 Å². The van der Waals surface area contributed by atoms with Gasteiger partial charge in [-0.05, 0) is 57.5 Å². The summed E-state index contributed by atoms with van der Waals surface area (Å²) in [6.45, 7) is 4.41. The minimum Gasteiger partial charge on any atom is -0.497 e. The number of ether oxygens (including phenoxy) is 1. The molecule has 106 valence electrons. The van der Waals surface area contributed by atoms with Crippen molar-refractivity contribution in [3.8, 4) is 5.75 Å². The van der Waals surface area contributed by atoms with Crippen molar-refractivity contribution in [1.82, 2.24) is 10.2 Å². The second kappa shape index (κ2) is 6.92. The molecular weight excluding hydrogens is 236 g/mol. The summed E-state index contributed by atoms with van der Waals surface area (Å²) in [7, 11) is 3.91. The third-order valence-electron chi connectivity index (χ3n) is 3.89. The first-order valence-electron chi connectivity index (χ1n) is 7.25. The van der Waals surface area contributed by atoms with Gasteiger partial charge in [0.25, 0.3) is 0 Å². The van der Waals surface area contributed by atoms with Crippen LogP contribution in [-0.4, -0.2) is 37.7 Å². The van der Waals surface area contributed by atoms with Gasteiger partial charge < -0.3 is 10.1 Å². The van der Waals surface area contributed by atoms with Crippen LogP contribution in [0.3, 0.4) is 0 Å². The van der Waals surface area contributed by atoms with Gasteiger partial charge in [0, 0.05) is 18.6 Å². The summed E-state index contributed by atoms with van der Waals surface area (Å²) < 4.78 is 5.27. The molecule has 1 aliphatic rings. The average Bonchev–Trinajstić information content (AvgIpc) is 3.23. The van der Waals surface area contributed by atoms with Gasteiger partial charge in [0.15, 0.2) is 0 Å². The summed E-state index contributed by atoms with van der Waals surface area (Å²) in [5, 5.41) is 3.58. The van der Waals surface area contributed by atoms with E-state index in [0.717, 1.165) is 24.9 Å². The first-order valence-corrected chi connectivity index (χ1v) is 7.25. The first-order chi connectivity index (χ1) is 9.19. The molecular formula is C16H26N2O. The Morgan fingerprint density at radius 2 is 2.21 bits per heavy atom. The Bertz CT molecular complexity index is 390. The molecule has 0 radical (unpaired) electrons. The Morgan fingerprint density at radius 3 is 2.89 bits per heavy atom. The largest absolute Gasteiger partial charge is 0.497 e. The Balaban J connectivity index is 1.75. The lowest BCUT2D eigenvalue weighted by atomic mass is 10.1. The van der Waals surface area contributed by atoms with E-state index in [-0.39, 0.29) is 0 Å². The SMILES string of the molecule is COc1cccc(CN(C)C(C)CCNC2CC2)c1. The van der Waals surface area contributed by atoms with Crippen LogP contribution in [0.4, 0.5) is 0 Å². The van der Waals surface area contributed by atoms with E-state index in [1.807, 2.05) is 6.07 Å². The molecule has 0 heterocycles. The number of hydrogen-bond donors (Lipinski definition) is 1. The van der Waals surface area contributed by atoms with Crippen molar-refractivity contribution in [3.05, 3.63) is 29.8 Å². The van der Waals surface area contributed by atoms with Crippen LogP contribution in [0, 0.1) is 0 Å². The number of nitrogens with one attached hydrogen (secondary N) is 1. The van der Waals surface area contributed by atoms with Crippen molar-refractivity contribution < 1.29 is 4.74 Å². The highest BCUT2D eigenvalue weighted by Gasteiger charge is 2.20. The lowest BCUT2D eigenvalue weighted by Crippen LogP contribution is -2.32. The van der Waals surface area contributed by atoms with Crippen LogP contribution in [0.5, 0.6) is 5.75 Å². The quantitative estimate of drug-likeness (QED) is 0.779. The summed E-state index contributed by atoms with van der Waals surface area (Å²) in [4.78, 5) is 2.41. The van der Waals surface area contributed by atoms with Gasteiger partial charge in [0.1, 0.15) is 5.75 Å². The minimum absolute atomic E-state index is 0.595. The average molecular weight is 262 g/mol. The number of benzene rings is 1. The molecule has 1 fully saturated rings. The lowest BCUT2D eigenvalue weighted by Gasteiger charge is -2.25. The monoisotopic (exact) mass is 262 g/mol. The highest BCUT2D eigenvalue weighted by molar-refractivity contribution is 5.28. The molecule has 0 saturated heterocycles. The molecule has 3 nitrogen and oxygen atoms in total. The fraction of sp³-hybridized carbons (Fsp3) is 0.625. The minimum atomic E-state index is 0.595. The molecule has 1 atom stereocenters. The second-order valence-electron chi connectivity index (χ2n) is 5.63. The Morgan fingerprint density at radius 1 is 1.42 bits per heavy atom. The molecule has 3 heteroatoms. The van der Waals surface area contributed by atoms with Gasteiger partial charge in [-0.3, -0.25) is 4.90 Å². The van der Waals surface area contributed by atoms with Gasteiger partial charge in [0.05, 0.1) is 7.11 Å². The van der Waals surface area contributed by atoms with Crippen LogP contribution in [0.15, 0.2) is 24.3 Å². The van der Waals surface area contributed by atoms with Crippen molar-refractivity contribution in [1.29, 1.82) is 0 Å². The maximum atomic E-state index is 5.27. The predicted octanol–water partition coefficient (Wildman–Crippen LogP) is 2.66. The normalized spacial score (nSPS) is 16.6. The van der Waals surface area contributed by atoms with E-state index in [1.165, 1.54) is 24.8 Å². The third-order valence-corrected chi connectivity index (χ3v) is 3.89. The van der Waals surface area contributed by atoms with Crippen LogP contribution in [-0.2, 0) is 6.54 Å². The van der Waals surface area contributed by atoms with Crippen molar-refractivity contribution >= 4 is 0 Å². The van der Waals surface area contributed by atoms with Crippen LogP contribution < -0.4 is 10.1 Å². The zero-order chi connectivity index (χ0) is 13.7. The van der Waals surface area contributed by atoms with E-state index in [2.05, 4.69) is 42.4 Å². The maximum Gasteiger partial charge on any atom is 0.119 e. The molecule has 1 unspecified atom stereocenters. The summed E-state index contributed by atoms with van der Waals surface area (Å²) in [6.07, 6.45) is 3.94. The summed E-state index contributed by atoms with van der Waals surface area (Å²) in [5.74, 6) is 0.939. The Labute approximate surface area is 116 Å². The zero-order valence-electron chi connectivity index (χ0n) is 12.4. The van der Waals surface area contributed by atoms with Gasteiger partial charge in [-0.25, -0.2) is 0 Å². The summed E-state index contributed by atoms with van der Waals surface area (Å²) in [6, 6.07) is 9.74. The fourth-order valence-corrected chi connectivity index (χ4v) is 2.22. The molecule has 0 aliphatic heterocycles. The van der Waals surface area contributed by atoms with Gasteiger partial charge in [-0.1, -0.05) is 12.1 Å².